The molecule has 37 heavy (non-hydrogen) atoms. The number of hydrogen-bond acceptors (Lipinski definition) is 8. The average Bonchev–Trinajstić information content (AvgIpc) is 2.92. The number of hydrogen-bond donors (Lipinski definition) is 0. The lowest BCUT2D eigenvalue weighted by Gasteiger charge is -2.18. The van der Waals surface area contributed by atoms with Crippen molar-refractivity contribution < 1.29 is 38.0 Å². The molecular formula is C28H29ClO8. The van der Waals surface area contributed by atoms with Crippen molar-refractivity contribution in [3.8, 4) is 11.5 Å². The van der Waals surface area contributed by atoms with Crippen molar-refractivity contribution in [2.24, 2.45) is 0 Å². The topological polar surface area (TPSA) is 89.5 Å². The molecule has 0 aromatic heterocycles. The molecule has 0 amide bonds. The summed E-state index contributed by atoms with van der Waals surface area (Å²) in [7, 11) is 0. The molecule has 3 rings (SSSR count). The van der Waals surface area contributed by atoms with E-state index in [0.29, 0.717) is 36.3 Å². The predicted molar refractivity (Wildman–Crippen MR) is 141 cm³/mol. The summed E-state index contributed by atoms with van der Waals surface area (Å²) >= 11 is 6.33. The van der Waals surface area contributed by atoms with Crippen LogP contribution in [0.2, 0.25) is 5.02 Å². The minimum Gasteiger partial charge on any atom is -0.490 e. The third kappa shape index (κ3) is 8.21. The molecule has 0 atom stereocenters. The Kier molecular flexibility index (Phi) is 11.2. The van der Waals surface area contributed by atoms with Crippen LogP contribution < -0.4 is 9.47 Å². The maximum absolute atomic E-state index is 11.1. The van der Waals surface area contributed by atoms with Crippen molar-refractivity contribution in [1.29, 1.82) is 0 Å². The van der Waals surface area contributed by atoms with E-state index in [2.05, 4.69) is 13.2 Å². The quantitative estimate of drug-likeness (QED) is 0.112. The first kappa shape index (κ1) is 28.0. The molecular weight excluding hydrogens is 500 g/mol. The SMILES string of the molecule is C=CC(=O)OCCOCCOc1c2ccccc2c(OCCOCCOC(=O)C=C)c2cc(Cl)ccc12. The molecule has 0 N–H and O–H groups in total. The Labute approximate surface area is 220 Å². The molecule has 0 saturated heterocycles. The van der Waals surface area contributed by atoms with Crippen LogP contribution in [0.3, 0.4) is 0 Å². The van der Waals surface area contributed by atoms with Crippen LogP contribution in [0.5, 0.6) is 11.5 Å². The largest absolute Gasteiger partial charge is 0.490 e. The van der Waals surface area contributed by atoms with E-state index in [9.17, 15) is 9.59 Å². The second-order valence-electron chi connectivity index (χ2n) is 7.56. The van der Waals surface area contributed by atoms with E-state index in [1.54, 1.807) is 6.07 Å². The number of rotatable bonds is 16. The van der Waals surface area contributed by atoms with E-state index in [4.69, 9.17) is 40.0 Å². The fourth-order valence-electron chi connectivity index (χ4n) is 3.51. The lowest BCUT2D eigenvalue weighted by Crippen LogP contribution is -2.13. The van der Waals surface area contributed by atoms with Gasteiger partial charge in [0.25, 0.3) is 0 Å². The molecule has 8 nitrogen and oxygen atoms in total. The second-order valence-corrected chi connectivity index (χ2v) is 8.00. The average molecular weight is 529 g/mol. The fourth-order valence-corrected chi connectivity index (χ4v) is 3.68. The molecule has 0 saturated carbocycles. The van der Waals surface area contributed by atoms with Gasteiger partial charge in [0, 0.05) is 38.7 Å². The zero-order valence-electron chi connectivity index (χ0n) is 20.4. The van der Waals surface area contributed by atoms with Gasteiger partial charge < -0.3 is 28.4 Å². The lowest BCUT2D eigenvalue weighted by atomic mass is 10.0. The first-order valence-corrected chi connectivity index (χ1v) is 12.1. The fraction of sp³-hybridized carbons (Fsp3) is 0.286. The standard InChI is InChI=1S/C28H29ClO8/c1-3-25(30)34-15-11-32-13-17-36-27-21-7-5-6-8-22(21)28(24-19-20(29)9-10-23(24)27)37-18-14-33-12-16-35-26(31)4-2/h3-10,19H,1-2,11-18H2. The summed E-state index contributed by atoms with van der Waals surface area (Å²) in [6, 6.07) is 13.3. The monoisotopic (exact) mass is 528 g/mol. The second kappa shape index (κ2) is 14.8. The van der Waals surface area contributed by atoms with E-state index >= 15 is 0 Å². The normalized spacial score (nSPS) is 10.7. The van der Waals surface area contributed by atoms with Gasteiger partial charge in [0.15, 0.2) is 0 Å². The van der Waals surface area contributed by atoms with Gasteiger partial charge in [0.1, 0.15) is 37.9 Å². The zero-order chi connectivity index (χ0) is 26.5. The summed E-state index contributed by atoms with van der Waals surface area (Å²) in [6.07, 6.45) is 2.21. The third-order valence-corrected chi connectivity index (χ3v) is 5.35. The molecule has 0 unspecified atom stereocenters. The Morgan fingerprint density at radius 1 is 0.649 bits per heavy atom. The third-order valence-electron chi connectivity index (χ3n) is 5.11. The number of benzene rings is 3. The number of fused-ring (bicyclic) bond motifs is 2. The zero-order valence-corrected chi connectivity index (χ0v) is 21.2. The van der Waals surface area contributed by atoms with Crippen molar-refractivity contribution in [2.75, 3.05) is 52.9 Å². The van der Waals surface area contributed by atoms with Crippen molar-refractivity contribution in [2.45, 2.75) is 0 Å². The highest BCUT2D eigenvalue weighted by Crippen LogP contribution is 2.43. The van der Waals surface area contributed by atoms with Crippen LogP contribution in [-0.2, 0) is 28.5 Å². The van der Waals surface area contributed by atoms with Gasteiger partial charge in [-0.25, -0.2) is 9.59 Å². The van der Waals surface area contributed by atoms with Gasteiger partial charge in [-0.15, -0.1) is 0 Å². The highest BCUT2D eigenvalue weighted by Gasteiger charge is 2.16. The van der Waals surface area contributed by atoms with E-state index in [1.165, 1.54) is 0 Å². The summed E-state index contributed by atoms with van der Waals surface area (Å²) in [6.45, 7) is 8.68. The molecule has 0 fully saturated rings. The molecule has 0 radical (unpaired) electrons. The van der Waals surface area contributed by atoms with Crippen LogP contribution in [0.4, 0.5) is 0 Å². The Morgan fingerprint density at radius 2 is 1.11 bits per heavy atom. The van der Waals surface area contributed by atoms with Gasteiger partial charge in [0.2, 0.25) is 0 Å². The minimum atomic E-state index is -0.488. The minimum absolute atomic E-state index is 0.141. The molecule has 196 valence electrons. The van der Waals surface area contributed by atoms with Gasteiger partial charge in [-0.05, 0) is 18.2 Å². The van der Waals surface area contributed by atoms with Crippen molar-refractivity contribution in [1.82, 2.24) is 0 Å². The van der Waals surface area contributed by atoms with Gasteiger partial charge in [-0.3, -0.25) is 0 Å². The molecule has 0 spiro atoms. The smallest absolute Gasteiger partial charge is 0.330 e. The highest BCUT2D eigenvalue weighted by molar-refractivity contribution is 6.31. The first-order valence-electron chi connectivity index (χ1n) is 11.7. The summed E-state index contributed by atoms with van der Waals surface area (Å²) in [4.78, 5) is 22.2. The van der Waals surface area contributed by atoms with Crippen LogP contribution in [0.25, 0.3) is 21.5 Å². The molecule has 0 aliphatic heterocycles. The van der Waals surface area contributed by atoms with Crippen LogP contribution in [-0.4, -0.2) is 64.8 Å². The molecule has 0 bridgehead atoms. The van der Waals surface area contributed by atoms with Gasteiger partial charge in [0.05, 0.1) is 26.4 Å². The van der Waals surface area contributed by atoms with E-state index in [1.807, 2.05) is 36.4 Å². The van der Waals surface area contributed by atoms with Crippen LogP contribution >= 0.6 is 11.6 Å². The number of carbonyl (C=O) groups is 2. The predicted octanol–water partition coefficient (Wildman–Crippen LogP) is 4.90. The molecule has 0 aliphatic carbocycles. The van der Waals surface area contributed by atoms with Gasteiger partial charge >= 0.3 is 11.9 Å². The first-order chi connectivity index (χ1) is 18.0. The van der Waals surface area contributed by atoms with Crippen LogP contribution in [0.1, 0.15) is 0 Å². The number of ether oxygens (including phenoxy) is 6. The van der Waals surface area contributed by atoms with Gasteiger partial charge in [-0.2, -0.15) is 0 Å². The van der Waals surface area contributed by atoms with Crippen molar-refractivity contribution >= 4 is 45.1 Å². The summed E-state index contributed by atoms with van der Waals surface area (Å²) in [5.41, 5.74) is 0. The van der Waals surface area contributed by atoms with Crippen molar-refractivity contribution in [3.63, 3.8) is 0 Å². The summed E-state index contributed by atoms with van der Waals surface area (Å²) < 4.78 is 33.1. The Balaban J connectivity index is 1.68. The Bertz CT molecular complexity index is 1240. The number of halogens is 1. The van der Waals surface area contributed by atoms with Crippen LogP contribution in [0, 0.1) is 0 Å². The Hall–Kier alpha value is -3.59. The maximum Gasteiger partial charge on any atom is 0.330 e. The molecule has 9 heteroatoms. The van der Waals surface area contributed by atoms with Crippen molar-refractivity contribution in [3.05, 3.63) is 72.8 Å². The molecule has 3 aromatic rings. The summed E-state index contributed by atoms with van der Waals surface area (Å²) in [5.74, 6) is 0.385. The van der Waals surface area contributed by atoms with E-state index < -0.39 is 11.9 Å². The van der Waals surface area contributed by atoms with E-state index in [0.717, 1.165) is 33.7 Å². The molecule has 0 aliphatic rings. The molecule has 3 aromatic carbocycles. The van der Waals surface area contributed by atoms with Crippen LogP contribution in [0.15, 0.2) is 67.8 Å². The van der Waals surface area contributed by atoms with E-state index in [-0.39, 0.29) is 33.0 Å². The summed E-state index contributed by atoms with van der Waals surface area (Å²) in [5, 5.41) is 3.96. The molecule has 0 heterocycles. The number of carbonyl (C=O) groups excluding carboxylic acids is 2. The highest BCUT2D eigenvalue weighted by atomic mass is 35.5. The maximum atomic E-state index is 11.1. The van der Waals surface area contributed by atoms with Gasteiger partial charge in [-0.1, -0.05) is 49.0 Å². The lowest BCUT2D eigenvalue weighted by molar-refractivity contribution is -0.140. The number of esters is 2. The Morgan fingerprint density at radius 3 is 1.62 bits per heavy atom.